The largest absolute Gasteiger partial charge is 0.287 e. The standard InChI is InChI=1S/C13H28N2/c1-8-12(4,5)13(6)14(7)9-10-15(13)11(2)3/h11H,8-10H2,1-7H3. The van der Waals surface area contributed by atoms with Crippen LogP contribution in [0.25, 0.3) is 0 Å². The average Bonchev–Trinajstić information content (AvgIpc) is 2.45. The highest BCUT2D eigenvalue weighted by Gasteiger charge is 2.51. The van der Waals surface area contributed by atoms with E-state index in [1.165, 1.54) is 19.5 Å². The summed E-state index contributed by atoms with van der Waals surface area (Å²) in [5.41, 5.74) is 0.540. The summed E-state index contributed by atoms with van der Waals surface area (Å²) in [7, 11) is 2.26. The molecule has 0 aliphatic carbocycles. The molecule has 2 heteroatoms. The third-order valence-electron chi connectivity index (χ3n) is 4.77. The highest BCUT2D eigenvalue weighted by molar-refractivity contribution is 5.02. The van der Waals surface area contributed by atoms with Gasteiger partial charge < -0.3 is 0 Å². The molecule has 1 aliphatic rings. The Bertz CT molecular complexity index is 223. The van der Waals surface area contributed by atoms with Crippen molar-refractivity contribution >= 4 is 0 Å². The first kappa shape index (κ1) is 13.0. The molecular weight excluding hydrogens is 184 g/mol. The zero-order chi connectivity index (χ0) is 11.9. The van der Waals surface area contributed by atoms with Crippen molar-refractivity contribution in [3.63, 3.8) is 0 Å². The van der Waals surface area contributed by atoms with E-state index in [1.54, 1.807) is 0 Å². The number of rotatable bonds is 3. The Labute approximate surface area is 95.6 Å². The molecule has 0 saturated carbocycles. The Morgan fingerprint density at radius 3 is 2.20 bits per heavy atom. The van der Waals surface area contributed by atoms with Crippen molar-refractivity contribution in [2.75, 3.05) is 20.1 Å². The molecule has 0 bridgehead atoms. The first-order valence-corrected chi connectivity index (χ1v) is 6.25. The van der Waals surface area contributed by atoms with E-state index in [9.17, 15) is 0 Å². The van der Waals surface area contributed by atoms with Crippen LogP contribution in [0, 0.1) is 5.41 Å². The Kier molecular flexibility index (Phi) is 3.52. The van der Waals surface area contributed by atoms with E-state index < -0.39 is 0 Å². The zero-order valence-corrected chi connectivity index (χ0v) is 11.6. The van der Waals surface area contributed by atoms with Crippen molar-refractivity contribution in [3.8, 4) is 0 Å². The molecule has 1 unspecified atom stereocenters. The molecule has 0 amide bonds. The summed E-state index contributed by atoms with van der Waals surface area (Å²) in [5, 5.41) is 0. The van der Waals surface area contributed by atoms with Gasteiger partial charge in [-0.15, -0.1) is 0 Å². The van der Waals surface area contributed by atoms with Crippen molar-refractivity contribution in [1.82, 2.24) is 9.80 Å². The van der Waals surface area contributed by atoms with Gasteiger partial charge in [0.1, 0.15) is 0 Å². The summed E-state index contributed by atoms with van der Waals surface area (Å²) in [6.07, 6.45) is 1.22. The van der Waals surface area contributed by atoms with E-state index >= 15 is 0 Å². The topological polar surface area (TPSA) is 6.48 Å². The van der Waals surface area contributed by atoms with E-state index in [-0.39, 0.29) is 5.66 Å². The van der Waals surface area contributed by atoms with Crippen molar-refractivity contribution in [2.45, 2.75) is 59.7 Å². The van der Waals surface area contributed by atoms with Crippen molar-refractivity contribution in [1.29, 1.82) is 0 Å². The lowest BCUT2D eigenvalue weighted by Crippen LogP contribution is -2.60. The van der Waals surface area contributed by atoms with Crippen LogP contribution < -0.4 is 0 Å². The molecule has 0 N–H and O–H groups in total. The van der Waals surface area contributed by atoms with Gasteiger partial charge in [-0.2, -0.15) is 0 Å². The van der Waals surface area contributed by atoms with Gasteiger partial charge in [0, 0.05) is 19.1 Å². The predicted molar refractivity (Wildman–Crippen MR) is 66.9 cm³/mol. The maximum atomic E-state index is 2.65. The van der Waals surface area contributed by atoms with E-state index in [4.69, 9.17) is 0 Å². The van der Waals surface area contributed by atoms with Crippen LogP contribution in [0.1, 0.15) is 48.0 Å². The number of hydrogen-bond acceptors (Lipinski definition) is 2. The zero-order valence-electron chi connectivity index (χ0n) is 11.6. The summed E-state index contributed by atoms with van der Waals surface area (Å²) >= 11 is 0. The molecule has 0 aromatic heterocycles. The first-order chi connectivity index (χ1) is 6.77. The molecule has 1 fully saturated rings. The second-order valence-electron chi connectivity index (χ2n) is 5.97. The van der Waals surface area contributed by atoms with E-state index in [0.717, 1.165) is 0 Å². The van der Waals surface area contributed by atoms with Crippen LogP contribution >= 0.6 is 0 Å². The monoisotopic (exact) mass is 212 g/mol. The molecule has 1 rings (SSSR count). The van der Waals surface area contributed by atoms with Crippen molar-refractivity contribution < 1.29 is 0 Å². The summed E-state index contributed by atoms with van der Waals surface area (Å²) in [5.74, 6) is 0. The van der Waals surface area contributed by atoms with E-state index in [0.29, 0.717) is 11.5 Å². The van der Waals surface area contributed by atoms with E-state index in [2.05, 4.69) is 58.4 Å². The molecule has 0 spiro atoms. The molecule has 1 atom stereocenters. The van der Waals surface area contributed by atoms with Gasteiger partial charge in [-0.05, 0) is 39.7 Å². The Morgan fingerprint density at radius 2 is 1.80 bits per heavy atom. The number of likely N-dealkylation sites (N-methyl/N-ethyl adjacent to an activating group) is 1. The Hall–Kier alpha value is -0.0800. The van der Waals surface area contributed by atoms with Gasteiger partial charge in [0.25, 0.3) is 0 Å². The second-order valence-corrected chi connectivity index (χ2v) is 5.97. The molecule has 1 aliphatic heterocycles. The predicted octanol–water partition coefficient (Wildman–Crippen LogP) is 2.79. The van der Waals surface area contributed by atoms with Gasteiger partial charge >= 0.3 is 0 Å². The van der Waals surface area contributed by atoms with E-state index in [1.807, 2.05) is 0 Å². The summed E-state index contributed by atoms with van der Waals surface area (Å²) in [4.78, 5) is 5.17. The fourth-order valence-electron chi connectivity index (χ4n) is 2.91. The SMILES string of the molecule is CCC(C)(C)C1(C)N(C)CCN1C(C)C. The van der Waals surface area contributed by atoms with Gasteiger partial charge in [0.15, 0.2) is 0 Å². The van der Waals surface area contributed by atoms with Gasteiger partial charge in [0.2, 0.25) is 0 Å². The molecule has 90 valence electrons. The second kappa shape index (κ2) is 4.06. The maximum absolute atomic E-state index is 2.65. The Morgan fingerprint density at radius 1 is 1.27 bits per heavy atom. The Balaban J connectivity index is 3.05. The highest BCUT2D eigenvalue weighted by atomic mass is 15.5. The molecular formula is C13H28N2. The lowest BCUT2D eigenvalue weighted by atomic mass is 9.75. The van der Waals surface area contributed by atoms with Crippen LogP contribution in [0.15, 0.2) is 0 Å². The minimum absolute atomic E-state index is 0.204. The normalized spacial score (nSPS) is 30.4. The smallest absolute Gasteiger partial charge is 0.0761 e. The maximum Gasteiger partial charge on any atom is 0.0761 e. The fourth-order valence-corrected chi connectivity index (χ4v) is 2.91. The van der Waals surface area contributed by atoms with Crippen LogP contribution in [0.5, 0.6) is 0 Å². The lowest BCUT2D eigenvalue weighted by Gasteiger charge is -2.52. The molecule has 0 radical (unpaired) electrons. The molecule has 0 aromatic carbocycles. The third-order valence-corrected chi connectivity index (χ3v) is 4.77. The number of hydrogen-bond donors (Lipinski definition) is 0. The van der Waals surface area contributed by atoms with Crippen LogP contribution in [0.3, 0.4) is 0 Å². The molecule has 0 aromatic rings. The van der Waals surface area contributed by atoms with Crippen LogP contribution in [-0.2, 0) is 0 Å². The van der Waals surface area contributed by atoms with Gasteiger partial charge in [-0.25, -0.2) is 0 Å². The summed E-state index contributed by atoms with van der Waals surface area (Å²) in [6, 6.07) is 0.630. The van der Waals surface area contributed by atoms with Crippen molar-refractivity contribution in [3.05, 3.63) is 0 Å². The quantitative estimate of drug-likeness (QED) is 0.710. The minimum atomic E-state index is 0.204. The highest BCUT2D eigenvalue weighted by Crippen LogP contribution is 2.44. The first-order valence-electron chi connectivity index (χ1n) is 6.25. The van der Waals surface area contributed by atoms with Crippen molar-refractivity contribution in [2.24, 2.45) is 5.41 Å². The van der Waals surface area contributed by atoms with Crippen LogP contribution in [0.4, 0.5) is 0 Å². The minimum Gasteiger partial charge on any atom is -0.287 e. The molecule has 1 saturated heterocycles. The lowest BCUT2D eigenvalue weighted by molar-refractivity contribution is -0.0733. The average molecular weight is 212 g/mol. The fraction of sp³-hybridized carbons (Fsp3) is 1.00. The molecule has 2 nitrogen and oxygen atoms in total. The van der Waals surface area contributed by atoms with Crippen LogP contribution in [-0.4, -0.2) is 41.6 Å². The number of nitrogens with zero attached hydrogens (tertiary/aromatic N) is 2. The van der Waals surface area contributed by atoms with Gasteiger partial charge in [0.05, 0.1) is 5.66 Å². The summed E-state index contributed by atoms with van der Waals surface area (Å²) in [6.45, 7) is 16.5. The van der Waals surface area contributed by atoms with Gasteiger partial charge in [-0.3, -0.25) is 9.80 Å². The van der Waals surface area contributed by atoms with Gasteiger partial charge in [-0.1, -0.05) is 20.8 Å². The summed E-state index contributed by atoms with van der Waals surface area (Å²) < 4.78 is 0. The van der Waals surface area contributed by atoms with Crippen LogP contribution in [0.2, 0.25) is 0 Å². The molecule has 15 heavy (non-hydrogen) atoms. The molecule has 1 heterocycles. The third kappa shape index (κ3) is 1.83.